The molecular formula is C17H18F2N2O2. The van der Waals surface area contributed by atoms with Crippen LogP contribution in [0.5, 0.6) is 5.75 Å². The Hall–Kier alpha value is -2.63. The maximum atomic E-state index is 13.1. The standard InChI is InChI=1S/C17H18F2N2O2/c1-2-7-23-16-6-4-3-5-15(16)21-17(22)11-20-14-9-12(18)8-13(19)10-14/h3-6,8-10,20H,2,7,11H2,1H3,(H,21,22). The van der Waals surface area contributed by atoms with E-state index in [4.69, 9.17) is 4.74 Å². The van der Waals surface area contributed by atoms with Gasteiger partial charge in [0.05, 0.1) is 18.8 Å². The fourth-order valence-electron chi connectivity index (χ4n) is 1.94. The molecule has 0 spiro atoms. The number of carbonyl (C=O) groups is 1. The van der Waals surface area contributed by atoms with Gasteiger partial charge in [0.2, 0.25) is 5.91 Å². The number of amides is 1. The lowest BCUT2D eigenvalue weighted by Crippen LogP contribution is -2.22. The molecule has 0 saturated carbocycles. The highest BCUT2D eigenvalue weighted by Crippen LogP contribution is 2.23. The first-order chi connectivity index (χ1) is 11.1. The fourth-order valence-corrected chi connectivity index (χ4v) is 1.94. The average molecular weight is 320 g/mol. The van der Waals surface area contributed by atoms with Crippen LogP contribution < -0.4 is 15.4 Å². The first-order valence-electron chi connectivity index (χ1n) is 7.30. The Morgan fingerprint density at radius 1 is 1.13 bits per heavy atom. The smallest absolute Gasteiger partial charge is 0.243 e. The molecular weight excluding hydrogens is 302 g/mol. The predicted molar refractivity (Wildman–Crippen MR) is 85.7 cm³/mol. The molecule has 6 heteroatoms. The van der Waals surface area contributed by atoms with Crippen LogP contribution in [0.25, 0.3) is 0 Å². The Balaban J connectivity index is 1.94. The molecule has 0 unspecified atom stereocenters. The molecule has 1 amide bonds. The number of anilines is 2. The van der Waals surface area contributed by atoms with Gasteiger partial charge in [0.1, 0.15) is 17.4 Å². The molecule has 4 nitrogen and oxygen atoms in total. The highest BCUT2D eigenvalue weighted by atomic mass is 19.1. The molecule has 2 N–H and O–H groups in total. The Morgan fingerprint density at radius 3 is 2.52 bits per heavy atom. The quantitative estimate of drug-likeness (QED) is 0.816. The highest BCUT2D eigenvalue weighted by Gasteiger charge is 2.08. The number of ether oxygens (including phenoxy) is 1. The van der Waals surface area contributed by atoms with E-state index in [-0.39, 0.29) is 18.1 Å². The van der Waals surface area contributed by atoms with E-state index in [1.165, 1.54) is 0 Å². The average Bonchev–Trinajstić information content (AvgIpc) is 2.51. The molecule has 0 heterocycles. The second-order valence-electron chi connectivity index (χ2n) is 4.90. The van der Waals surface area contributed by atoms with Gasteiger partial charge in [-0.2, -0.15) is 0 Å². The van der Waals surface area contributed by atoms with Crippen molar-refractivity contribution in [1.82, 2.24) is 0 Å². The Kier molecular flexibility index (Phi) is 5.91. The van der Waals surface area contributed by atoms with Crippen LogP contribution in [0, 0.1) is 11.6 Å². The van der Waals surface area contributed by atoms with E-state index in [2.05, 4.69) is 10.6 Å². The first-order valence-corrected chi connectivity index (χ1v) is 7.30. The number of hydrogen-bond acceptors (Lipinski definition) is 3. The van der Waals surface area contributed by atoms with E-state index in [9.17, 15) is 13.6 Å². The summed E-state index contributed by atoms with van der Waals surface area (Å²) in [6, 6.07) is 10.1. The SMILES string of the molecule is CCCOc1ccccc1NC(=O)CNc1cc(F)cc(F)c1. The largest absolute Gasteiger partial charge is 0.491 e. The van der Waals surface area contributed by atoms with E-state index in [0.29, 0.717) is 18.0 Å². The molecule has 0 bridgehead atoms. The summed E-state index contributed by atoms with van der Waals surface area (Å²) in [5, 5.41) is 5.38. The number of para-hydroxylation sites is 2. The number of benzene rings is 2. The predicted octanol–water partition coefficient (Wildman–Crippen LogP) is 3.80. The van der Waals surface area contributed by atoms with Crippen molar-refractivity contribution in [3.63, 3.8) is 0 Å². The zero-order valence-electron chi connectivity index (χ0n) is 12.7. The van der Waals surface area contributed by atoms with Crippen LogP contribution in [0.2, 0.25) is 0 Å². The summed E-state index contributed by atoms with van der Waals surface area (Å²) in [5.41, 5.74) is 0.756. The van der Waals surface area contributed by atoms with Crippen molar-refractivity contribution in [2.24, 2.45) is 0 Å². The Labute approximate surface area is 133 Å². The molecule has 2 aromatic rings. The van der Waals surface area contributed by atoms with Crippen molar-refractivity contribution >= 4 is 17.3 Å². The van der Waals surface area contributed by atoms with Gasteiger partial charge < -0.3 is 15.4 Å². The van der Waals surface area contributed by atoms with Crippen LogP contribution in [-0.2, 0) is 4.79 Å². The van der Waals surface area contributed by atoms with Crippen molar-refractivity contribution in [2.45, 2.75) is 13.3 Å². The van der Waals surface area contributed by atoms with Gasteiger partial charge in [0.15, 0.2) is 0 Å². The number of rotatable bonds is 7. The molecule has 0 fully saturated rings. The van der Waals surface area contributed by atoms with Crippen molar-refractivity contribution in [2.75, 3.05) is 23.8 Å². The van der Waals surface area contributed by atoms with Crippen molar-refractivity contribution < 1.29 is 18.3 Å². The van der Waals surface area contributed by atoms with Crippen molar-refractivity contribution in [3.8, 4) is 5.75 Å². The summed E-state index contributed by atoms with van der Waals surface area (Å²) in [7, 11) is 0. The van der Waals surface area contributed by atoms with Gasteiger partial charge in [0, 0.05) is 11.8 Å². The first kappa shape index (κ1) is 16.7. The highest BCUT2D eigenvalue weighted by molar-refractivity contribution is 5.95. The van der Waals surface area contributed by atoms with E-state index in [1.807, 2.05) is 13.0 Å². The normalized spacial score (nSPS) is 10.2. The zero-order chi connectivity index (χ0) is 16.7. The third kappa shape index (κ3) is 5.25. The monoisotopic (exact) mass is 320 g/mol. The summed E-state index contributed by atoms with van der Waals surface area (Å²) in [6.45, 7) is 2.42. The number of nitrogens with one attached hydrogen (secondary N) is 2. The van der Waals surface area contributed by atoms with Crippen LogP contribution in [-0.4, -0.2) is 19.1 Å². The Bertz CT molecular complexity index is 657. The molecule has 0 saturated heterocycles. The molecule has 0 radical (unpaired) electrons. The summed E-state index contributed by atoms with van der Waals surface area (Å²) < 4.78 is 31.7. The van der Waals surface area contributed by atoms with Gasteiger partial charge in [-0.25, -0.2) is 8.78 Å². The van der Waals surface area contributed by atoms with Gasteiger partial charge in [-0.05, 0) is 30.7 Å². The van der Waals surface area contributed by atoms with E-state index < -0.39 is 11.6 Å². The van der Waals surface area contributed by atoms with Crippen LogP contribution >= 0.6 is 0 Å². The summed E-state index contributed by atoms with van der Waals surface area (Å²) in [4.78, 5) is 12.0. The lowest BCUT2D eigenvalue weighted by molar-refractivity contribution is -0.114. The van der Waals surface area contributed by atoms with Gasteiger partial charge in [0.25, 0.3) is 0 Å². The maximum absolute atomic E-state index is 13.1. The summed E-state index contributed by atoms with van der Waals surface area (Å²) in [6.07, 6.45) is 0.856. The minimum Gasteiger partial charge on any atom is -0.491 e. The molecule has 2 rings (SSSR count). The van der Waals surface area contributed by atoms with E-state index in [1.54, 1.807) is 18.2 Å². The minimum atomic E-state index is -0.703. The van der Waals surface area contributed by atoms with Gasteiger partial charge >= 0.3 is 0 Å². The molecule has 0 aliphatic rings. The molecule has 2 aromatic carbocycles. The van der Waals surface area contributed by atoms with E-state index >= 15 is 0 Å². The van der Waals surface area contributed by atoms with Crippen LogP contribution in [0.15, 0.2) is 42.5 Å². The van der Waals surface area contributed by atoms with Crippen LogP contribution in [0.1, 0.15) is 13.3 Å². The van der Waals surface area contributed by atoms with Gasteiger partial charge in [-0.1, -0.05) is 19.1 Å². The molecule has 0 atom stereocenters. The van der Waals surface area contributed by atoms with Crippen molar-refractivity contribution in [3.05, 3.63) is 54.1 Å². The fraction of sp³-hybridized carbons (Fsp3) is 0.235. The molecule has 23 heavy (non-hydrogen) atoms. The third-order valence-corrected chi connectivity index (χ3v) is 2.94. The Morgan fingerprint density at radius 2 is 1.83 bits per heavy atom. The van der Waals surface area contributed by atoms with Crippen LogP contribution in [0.4, 0.5) is 20.2 Å². The molecule has 0 aliphatic heterocycles. The molecule has 0 aliphatic carbocycles. The second-order valence-corrected chi connectivity index (χ2v) is 4.90. The topological polar surface area (TPSA) is 50.4 Å². The van der Waals surface area contributed by atoms with Gasteiger partial charge in [-0.15, -0.1) is 0 Å². The van der Waals surface area contributed by atoms with Gasteiger partial charge in [-0.3, -0.25) is 4.79 Å². The molecule has 0 aromatic heterocycles. The molecule has 122 valence electrons. The minimum absolute atomic E-state index is 0.120. The lowest BCUT2D eigenvalue weighted by atomic mass is 10.2. The summed E-state index contributed by atoms with van der Waals surface area (Å²) >= 11 is 0. The number of halogens is 2. The lowest BCUT2D eigenvalue weighted by Gasteiger charge is -2.12. The third-order valence-electron chi connectivity index (χ3n) is 2.94. The zero-order valence-corrected chi connectivity index (χ0v) is 12.7. The summed E-state index contributed by atoms with van der Waals surface area (Å²) in [5.74, 6) is -1.17. The number of carbonyl (C=O) groups excluding carboxylic acids is 1. The second kappa shape index (κ2) is 8.12. The van der Waals surface area contributed by atoms with Crippen molar-refractivity contribution in [1.29, 1.82) is 0 Å². The number of hydrogen-bond donors (Lipinski definition) is 2. The van der Waals surface area contributed by atoms with Crippen LogP contribution in [0.3, 0.4) is 0 Å². The maximum Gasteiger partial charge on any atom is 0.243 e. The van der Waals surface area contributed by atoms with E-state index in [0.717, 1.165) is 24.6 Å².